The van der Waals surface area contributed by atoms with Crippen LogP contribution in [-0.2, 0) is 11.2 Å². The van der Waals surface area contributed by atoms with E-state index in [1.165, 1.54) is 0 Å². The summed E-state index contributed by atoms with van der Waals surface area (Å²) >= 11 is 0. The zero-order chi connectivity index (χ0) is 17.8. The van der Waals surface area contributed by atoms with Gasteiger partial charge in [-0.15, -0.1) is 0 Å². The van der Waals surface area contributed by atoms with Gasteiger partial charge >= 0.3 is 0 Å². The normalized spacial score (nSPS) is 15.3. The second kappa shape index (κ2) is 7.78. The molecule has 0 saturated heterocycles. The van der Waals surface area contributed by atoms with Crippen molar-refractivity contribution >= 4 is 16.8 Å². The molecule has 1 aliphatic carbocycles. The van der Waals surface area contributed by atoms with Crippen LogP contribution in [-0.4, -0.2) is 33.2 Å². The summed E-state index contributed by atoms with van der Waals surface area (Å²) in [6, 6.07) is 7.58. The van der Waals surface area contributed by atoms with Gasteiger partial charge < -0.3 is 10.4 Å². The standard InChI is InChI=1S/C19H25N3O3/c1-2-14(23)11-12-20-18(24)10-9-17-21-16-6-4-3-5-15(16)19(25)22(17)13-7-8-13/h3-6,13-14,23H,2,7-12H2,1H3,(H,20,24). The lowest BCUT2D eigenvalue weighted by Gasteiger charge is -2.13. The number of amides is 1. The van der Waals surface area contributed by atoms with E-state index in [1.807, 2.05) is 25.1 Å². The first-order valence-electron chi connectivity index (χ1n) is 9.05. The summed E-state index contributed by atoms with van der Waals surface area (Å²) in [7, 11) is 0. The first-order chi connectivity index (χ1) is 12.1. The number of rotatable bonds is 8. The maximum Gasteiger partial charge on any atom is 0.261 e. The van der Waals surface area contributed by atoms with Crippen LogP contribution < -0.4 is 10.9 Å². The molecular formula is C19H25N3O3. The molecule has 0 radical (unpaired) electrons. The molecule has 1 aromatic carbocycles. The monoisotopic (exact) mass is 343 g/mol. The average Bonchev–Trinajstić information content (AvgIpc) is 3.44. The summed E-state index contributed by atoms with van der Waals surface area (Å²) in [6.45, 7) is 2.38. The van der Waals surface area contributed by atoms with Crippen LogP contribution >= 0.6 is 0 Å². The highest BCUT2D eigenvalue weighted by Gasteiger charge is 2.28. The van der Waals surface area contributed by atoms with Crippen LogP contribution in [0.2, 0.25) is 0 Å². The molecule has 0 bridgehead atoms. The number of para-hydroxylation sites is 1. The van der Waals surface area contributed by atoms with Gasteiger partial charge in [-0.3, -0.25) is 14.2 Å². The minimum Gasteiger partial charge on any atom is -0.393 e. The lowest BCUT2D eigenvalue weighted by molar-refractivity contribution is -0.121. The van der Waals surface area contributed by atoms with Crippen molar-refractivity contribution in [3.63, 3.8) is 0 Å². The zero-order valence-electron chi connectivity index (χ0n) is 14.6. The Hall–Kier alpha value is -2.21. The zero-order valence-corrected chi connectivity index (χ0v) is 14.6. The molecule has 2 N–H and O–H groups in total. The summed E-state index contributed by atoms with van der Waals surface area (Å²) in [5.74, 6) is 0.614. The number of fused-ring (bicyclic) bond motifs is 1. The van der Waals surface area contributed by atoms with E-state index < -0.39 is 0 Å². The van der Waals surface area contributed by atoms with E-state index in [-0.39, 0.29) is 23.6 Å². The largest absolute Gasteiger partial charge is 0.393 e. The Morgan fingerprint density at radius 1 is 1.40 bits per heavy atom. The number of aliphatic hydroxyl groups excluding tert-OH is 1. The van der Waals surface area contributed by atoms with Crippen LogP contribution in [0, 0.1) is 0 Å². The lowest BCUT2D eigenvalue weighted by atomic mass is 10.2. The van der Waals surface area contributed by atoms with Crippen molar-refractivity contribution in [1.82, 2.24) is 14.9 Å². The second-order valence-electron chi connectivity index (χ2n) is 6.65. The third-order valence-corrected chi connectivity index (χ3v) is 4.64. The number of hydrogen-bond acceptors (Lipinski definition) is 4. The van der Waals surface area contributed by atoms with E-state index in [4.69, 9.17) is 0 Å². The quantitative estimate of drug-likeness (QED) is 0.767. The smallest absolute Gasteiger partial charge is 0.261 e. The van der Waals surface area contributed by atoms with Gasteiger partial charge in [-0.1, -0.05) is 19.1 Å². The molecule has 25 heavy (non-hydrogen) atoms. The number of carbonyl (C=O) groups is 1. The van der Waals surface area contributed by atoms with Gasteiger partial charge in [0, 0.05) is 25.4 Å². The molecule has 1 amide bonds. The van der Waals surface area contributed by atoms with E-state index in [2.05, 4.69) is 10.3 Å². The first-order valence-corrected chi connectivity index (χ1v) is 9.05. The van der Waals surface area contributed by atoms with Gasteiger partial charge in [0.15, 0.2) is 0 Å². The van der Waals surface area contributed by atoms with Crippen LogP contribution in [0.15, 0.2) is 29.1 Å². The Morgan fingerprint density at radius 2 is 2.16 bits per heavy atom. The van der Waals surface area contributed by atoms with Crippen LogP contribution in [0.1, 0.15) is 50.9 Å². The third kappa shape index (κ3) is 4.25. The number of hydrogen-bond donors (Lipinski definition) is 2. The molecule has 1 saturated carbocycles. The predicted molar refractivity (Wildman–Crippen MR) is 96.5 cm³/mol. The van der Waals surface area contributed by atoms with Gasteiger partial charge in [0.05, 0.1) is 17.0 Å². The number of aryl methyl sites for hydroxylation is 1. The molecule has 0 aliphatic heterocycles. The summed E-state index contributed by atoms with van der Waals surface area (Å²) < 4.78 is 1.77. The maximum absolute atomic E-state index is 12.8. The fourth-order valence-electron chi connectivity index (χ4n) is 2.97. The van der Waals surface area contributed by atoms with Crippen molar-refractivity contribution < 1.29 is 9.90 Å². The van der Waals surface area contributed by atoms with Gasteiger partial charge in [-0.2, -0.15) is 0 Å². The van der Waals surface area contributed by atoms with Crippen LogP contribution in [0.25, 0.3) is 10.9 Å². The van der Waals surface area contributed by atoms with Crippen molar-refractivity contribution in [2.24, 2.45) is 0 Å². The molecule has 1 aliphatic rings. The molecule has 6 nitrogen and oxygen atoms in total. The predicted octanol–water partition coefficient (Wildman–Crippen LogP) is 1.94. The number of aliphatic hydroxyl groups is 1. The number of carbonyl (C=O) groups excluding carboxylic acids is 1. The van der Waals surface area contributed by atoms with Crippen molar-refractivity contribution in [3.8, 4) is 0 Å². The molecule has 0 spiro atoms. The lowest BCUT2D eigenvalue weighted by Crippen LogP contribution is -2.29. The molecule has 2 aromatic rings. The molecular weight excluding hydrogens is 318 g/mol. The van der Waals surface area contributed by atoms with Crippen molar-refractivity contribution in [1.29, 1.82) is 0 Å². The number of nitrogens with zero attached hydrogens (tertiary/aromatic N) is 2. The molecule has 1 fully saturated rings. The van der Waals surface area contributed by atoms with E-state index >= 15 is 0 Å². The Bertz CT molecular complexity index is 811. The Labute approximate surface area is 146 Å². The highest BCUT2D eigenvalue weighted by atomic mass is 16.3. The van der Waals surface area contributed by atoms with Crippen molar-refractivity contribution in [3.05, 3.63) is 40.4 Å². The summed E-state index contributed by atoms with van der Waals surface area (Å²) in [4.78, 5) is 29.4. The van der Waals surface area contributed by atoms with E-state index in [9.17, 15) is 14.7 Å². The summed E-state index contributed by atoms with van der Waals surface area (Å²) in [5.41, 5.74) is 0.681. The molecule has 6 heteroatoms. The highest BCUT2D eigenvalue weighted by Crippen LogP contribution is 2.34. The molecule has 1 unspecified atom stereocenters. The summed E-state index contributed by atoms with van der Waals surface area (Å²) in [6.07, 6.45) is 3.59. The minimum absolute atomic E-state index is 0.00502. The average molecular weight is 343 g/mol. The van der Waals surface area contributed by atoms with Gasteiger partial charge in [-0.25, -0.2) is 4.98 Å². The van der Waals surface area contributed by atoms with Gasteiger partial charge in [0.25, 0.3) is 5.56 Å². The topological polar surface area (TPSA) is 84.2 Å². The van der Waals surface area contributed by atoms with Gasteiger partial charge in [0.1, 0.15) is 5.82 Å². The van der Waals surface area contributed by atoms with Gasteiger partial charge in [0.2, 0.25) is 5.91 Å². The SMILES string of the molecule is CCC(O)CCNC(=O)CCc1nc2ccccc2c(=O)n1C1CC1. The number of nitrogens with one attached hydrogen (secondary N) is 1. The number of aromatic nitrogens is 2. The fourth-order valence-corrected chi connectivity index (χ4v) is 2.97. The third-order valence-electron chi connectivity index (χ3n) is 4.64. The van der Waals surface area contributed by atoms with E-state index in [0.717, 1.165) is 12.8 Å². The van der Waals surface area contributed by atoms with Crippen molar-refractivity contribution in [2.45, 2.75) is 57.6 Å². The van der Waals surface area contributed by atoms with Crippen LogP contribution in [0.3, 0.4) is 0 Å². The molecule has 1 aromatic heterocycles. The Morgan fingerprint density at radius 3 is 2.88 bits per heavy atom. The highest BCUT2D eigenvalue weighted by molar-refractivity contribution is 5.78. The minimum atomic E-state index is -0.373. The van der Waals surface area contributed by atoms with E-state index in [0.29, 0.717) is 49.0 Å². The Balaban J connectivity index is 1.70. The second-order valence-corrected chi connectivity index (χ2v) is 6.65. The van der Waals surface area contributed by atoms with Crippen LogP contribution in [0.5, 0.6) is 0 Å². The van der Waals surface area contributed by atoms with Crippen molar-refractivity contribution in [2.75, 3.05) is 6.54 Å². The molecule has 3 rings (SSSR count). The first kappa shape index (κ1) is 17.6. The van der Waals surface area contributed by atoms with E-state index in [1.54, 1.807) is 10.6 Å². The Kier molecular flexibility index (Phi) is 5.48. The maximum atomic E-state index is 12.8. The molecule has 1 heterocycles. The van der Waals surface area contributed by atoms with Crippen LogP contribution in [0.4, 0.5) is 0 Å². The summed E-state index contributed by atoms with van der Waals surface area (Å²) in [5, 5.41) is 13.0. The number of benzene rings is 1. The van der Waals surface area contributed by atoms with Gasteiger partial charge in [-0.05, 0) is 37.8 Å². The molecule has 1 atom stereocenters. The fraction of sp³-hybridized carbons (Fsp3) is 0.526. The molecule has 134 valence electrons.